The minimum atomic E-state index is -0.0832. The fourth-order valence-corrected chi connectivity index (χ4v) is 1.19. The summed E-state index contributed by atoms with van der Waals surface area (Å²) in [5, 5.41) is 7.87. The molecule has 4 heteroatoms. The van der Waals surface area contributed by atoms with Crippen LogP contribution in [0.4, 0.5) is 0 Å². The second-order valence-corrected chi connectivity index (χ2v) is 3.60. The molecule has 1 heterocycles. The van der Waals surface area contributed by atoms with Gasteiger partial charge in [0.2, 0.25) is 5.88 Å². The van der Waals surface area contributed by atoms with Crippen molar-refractivity contribution in [2.75, 3.05) is 7.11 Å². The second-order valence-electron chi connectivity index (χ2n) is 3.60. The normalized spacial score (nSPS) is 12.2. The lowest BCUT2D eigenvalue weighted by molar-refractivity contribution is 0.390. The first kappa shape index (κ1) is 11.7. The maximum absolute atomic E-state index is 5.95. The zero-order chi connectivity index (χ0) is 11.3. The van der Waals surface area contributed by atoms with E-state index in [4.69, 9.17) is 10.5 Å². The number of nitrogens with zero attached hydrogens (tertiary/aromatic N) is 2. The molecular formula is C11H17N3O. The SMILES string of the molecule is C=C(C)CCC(N)c1ccc(OC)nn1. The molecule has 0 saturated carbocycles. The third kappa shape index (κ3) is 3.67. The van der Waals surface area contributed by atoms with Gasteiger partial charge >= 0.3 is 0 Å². The Morgan fingerprint density at radius 2 is 2.27 bits per heavy atom. The molecule has 0 radical (unpaired) electrons. The topological polar surface area (TPSA) is 61.0 Å². The first-order valence-electron chi connectivity index (χ1n) is 4.91. The molecule has 15 heavy (non-hydrogen) atoms. The van der Waals surface area contributed by atoms with Gasteiger partial charge in [-0.05, 0) is 25.8 Å². The molecule has 0 aliphatic carbocycles. The van der Waals surface area contributed by atoms with Crippen molar-refractivity contribution in [2.45, 2.75) is 25.8 Å². The van der Waals surface area contributed by atoms with E-state index in [1.165, 1.54) is 0 Å². The van der Waals surface area contributed by atoms with Crippen molar-refractivity contribution in [3.8, 4) is 5.88 Å². The maximum Gasteiger partial charge on any atom is 0.233 e. The summed E-state index contributed by atoms with van der Waals surface area (Å²) in [4.78, 5) is 0. The summed E-state index contributed by atoms with van der Waals surface area (Å²) >= 11 is 0. The molecule has 1 unspecified atom stereocenters. The number of hydrogen-bond donors (Lipinski definition) is 1. The summed E-state index contributed by atoms with van der Waals surface area (Å²) in [5.41, 5.74) is 7.87. The van der Waals surface area contributed by atoms with Crippen molar-refractivity contribution < 1.29 is 4.74 Å². The van der Waals surface area contributed by atoms with Gasteiger partial charge in [-0.2, -0.15) is 5.10 Å². The Bertz CT molecular complexity index is 321. The smallest absolute Gasteiger partial charge is 0.233 e. The third-order valence-corrected chi connectivity index (χ3v) is 2.13. The van der Waals surface area contributed by atoms with E-state index in [9.17, 15) is 0 Å². The quantitative estimate of drug-likeness (QED) is 0.748. The fourth-order valence-electron chi connectivity index (χ4n) is 1.19. The second kappa shape index (κ2) is 5.46. The van der Waals surface area contributed by atoms with Crippen LogP contribution in [0.1, 0.15) is 31.5 Å². The zero-order valence-electron chi connectivity index (χ0n) is 9.23. The molecule has 0 aromatic carbocycles. The highest BCUT2D eigenvalue weighted by Crippen LogP contribution is 2.16. The van der Waals surface area contributed by atoms with Crippen LogP contribution >= 0.6 is 0 Å². The Morgan fingerprint density at radius 3 is 2.73 bits per heavy atom. The van der Waals surface area contributed by atoms with Crippen LogP contribution in [0.15, 0.2) is 24.3 Å². The average molecular weight is 207 g/mol. The first-order valence-corrected chi connectivity index (χ1v) is 4.91. The number of hydrogen-bond acceptors (Lipinski definition) is 4. The molecule has 0 aliphatic rings. The molecule has 1 aromatic rings. The molecule has 0 spiro atoms. The van der Waals surface area contributed by atoms with Crippen LogP contribution in [0.25, 0.3) is 0 Å². The van der Waals surface area contributed by atoms with Gasteiger partial charge in [-0.15, -0.1) is 11.7 Å². The lowest BCUT2D eigenvalue weighted by Gasteiger charge is -2.10. The van der Waals surface area contributed by atoms with Crippen LogP contribution in [0.5, 0.6) is 5.88 Å². The number of rotatable bonds is 5. The van der Waals surface area contributed by atoms with E-state index < -0.39 is 0 Å². The summed E-state index contributed by atoms with van der Waals surface area (Å²) in [7, 11) is 1.56. The van der Waals surface area contributed by atoms with Crippen LogP contribution in [0.2, 0.25) is 0 Å². The third-order valence-electron chi connectivity index (χ3n) is 2.13. The van der Waals surface area contributed by atoms with Crippen LogP contribution in [0.3, 0.4) is 0 Å². The average Bonchev–Trinajstić information content (AvgIpc) is 2.26. The molecule has 4 nitrogen and oxygen atoms in total. The largest absolute Gasteiger partial charge is 0.480 e. The highest BCUT2D eigenvalue weighted by molar-refractivity contribution is 5.13. The molecule has 0 aliphatic heterocycles. The van der Waals surface area contributed by atoms with Crippen LogP contribution in [-0.4, -0.2) is 17.3 Å². The van der Waals surface area contributed by atoms with E-state index >= 15 is 0 Å². The maximum atomic E-state index is 5.95. The molecule has 0 amide bonds. The molecule has 0 bridgehead atoms. The molecule has 0 fully saturated rings. The van der Waals surface area contributed by atoms with Gasteiger partial charge in [-0.25, -0.2) is 0 Å². The number of methoxy groups -OCH3 is 1. The summed E-state index contributed by atoms with van der Waals surface area (Å²) in [6, 6.07) is 3.53. The van der Waals surface area contributed by atoms with Crippen molar-refractivity contribution in [3.05, 3.63) is 30.0 Å². The van der Waals surface area contributed by atoms with Crippen LogP contribution in [0, 0.1) is 0 Å². The summed E-state index contributed by atoms with van der Waals surface area (Å²) in [6.45, 7) is 5.83. The minimum absolute atomic E-state index is 0.0832. The Hall–Kier alpha value is -1.42. The van der Waals surface area contributed by atoms with Crippen LogP contribution < -0.4 is 10.5 Å². The summed E-state index contributed by atoms with van der Waals surface area (Å²) < 4.78 is 4.92. The van der Waals surface area contributed by atoms with Crippen LogP contribution in [-0.2, 0) is 0 Å². The lowest BCUT2D eigenvalue weighted by Crippen LogP contribution is -2.12. The van der Waals surface area contributed by atoms with Gasteiger partial charge in [0, 0.05) is 12.1 Å². The molecular weight excluding hydrogens is 190 g/mol. The number of nitrogens with two attached hydrogens (primary N) is 1. The predicted octanol–water partition coefficient (Wildman–Crippen LogP) is 1.84. The Balaban J connectivity index is 2.57. The molecule has 82 valence electrons. The Labute approximate surface area is 90.2 Å². The molecule has 2 N–H and O–H groups in total. The van der Waals surface area contributed by atoms with Crippen molar-refractivity contribution in [1.82, 2.24) is 10.2 Å². The van der Waals surface area contributed by atoms with Crippen molar-refractivity contribution in [2.24, 2.45) is 5.73 Å². The molecule has 0 saturated heterocycles. The fraction of sp³-hybridized carbons (Fsp3) is 0.455. The van der Waals surface area contributed by atoms with E-state index in [1.807, 2.05) is 13.0 Å². The van der Waals surface area contributed by atoms with Crippen molar-refractivity contribution >= 4 is 0 Å². The predicted molar refractivity (Wildman–Crippen MR) is 59.6 cm³/mol. The van der Waals surface area contributed by atoms with E-state index in [0.29, 0.717) is 5.88 Å². The van der Waals surface area contributed by atoms with Gasteiger partial charge in [0.15, 0.2) is 0 Å². The molecule has 1 atom stereocenters. The van der Waals surface area contributed by atoms with Gasteiger partial charge in [-0.1, -0.05) is 5.57 Å². The summed E-state index contributed by atoms with van der Waals surface area (Å²) in [5.74, 6) is 0.505. The van der Waals surface area contributed by atoms with Crippen molar-refractivity contribution in [1.29, 1.82) is 0 Å². The number of aromatic nitrogens is 2. The highest BCUT2D eigenvalue weighted by Gasteiger charge is 2.08. The van der Waals surface area contributed by atoms with Gasteiger partial charge in [0.05, 0.1) is 12.8 Å². The lowest BCUT2D eigenvalue weighted by atomic mass is 10.1. The standard InChI is InChI=1S/C11H17N3O/c1-8(2)4-5-9(12)10-6-7-11(15-3)14-13-10/h6-7,9H,1,4-5,12H2,2-3H3. The monoisotopic (exact) mass is 207 g/mol. The Morgan fingerprint density at radius 1 is 1.53 bits per heavy atom. The van der Waals surface area contributed by atoms with E-state index in [1.54, 1.807) is 13.2 Å². The molecule has 1 aromatic heterocycles. The Kier molecular flexibility index (Phi) is 4.24. The first-order chi connectivity index (χ1) is 7.13. The highest BCUT2D eigenvalue weighted by atomic mass is 16.5. The minimum Gasteiger partial charge on any atom is -0.480 e. The van der Waals surface area contributed by atoms with E-state index in [2.05, 4.69) is 16.8 Å². The van der Waals surface area contributed by atoms with Gasteiger partial charge < -0.3 is 10.5 Å². The van der Waals surface area contributed by atoms with E-state index in [-0.39, 0.29) is 6.04 Å². The number of allylic oxidation sites excluding steroid dienone is 1. The number of ether oxygens (including phenoxy) is 1. The molecule has 1 rings (SSSR count). The zero-order valence-corrected chi connectivity index (χ0v) is 9.23. The van der Waals surface area contributed by atoms with Crippen molar-refractivity contribution in [3.63, 3.8) is 0 Å². The van der Waals surface area contributed by atoms with Gasteiger partial charge in [0.1, 0.15) is 0 Å². The van der Waals surface area contributed by atoms with Gasteiger partial charge in [-0.3, -0.25) is 0 Å². The van der Waals surface area contributed by atoms with E-state index in [0.717, 1.165) is 24.1 Å². The van der Waals surface area contributed by atoms with Gasteiger partial charge in [0.25, 0.3) is 0 Å². The summed E-state index contributed by atoms with van der Waals surface area (Å²) in [6.07, 6.45) is 1.76.